The number of thiophene rings is 1. The number of nitrogens with one attached hydrogen (secondary N) is 1. The molecule has 0 aliphatic carbocycles. The van der Waals surface area contributed by atoms with Gasteiger partial charge in [0.15, 0.2) is 5.75 Å². The lowest BCUT2D eigenvalue weighted by Crippen LogP contribution is -2.12. The molecule has 9 heteroatoms. The van der Waals surface area contributed by atoms with Crippen LogP contribution in [-0.4, -0.2) is 41.2 Å². The summed E-state index contributed by atoms with van der Waals surface area (Å²) in [7, 11) is 2.94. The molecule has 1 amide bonds. The van der Waals surface area contributed by atoms with E-state index in [4.69, 9.17) is 15.2 Å². The monoisotopic (exact) mass is 397 g/mol. The number of carbonyl (C=O) groups excluding carboxylic acids is 1. The molecule has 8 nitrogen and oxygen atoms in total. The first kappa shape index (κ1) is 17.8. The van der Waals surface area contributed by atoms with Gasteiger partial charge in [-0.15, -0.1) is 11.3 Å². The molecule has 0 atom stereocenters. The molecule has 0 spiro atoms. The number of benzene rings is 2. The molecule has 142 valence electrons. The van der Waals surface area contributed by atoms with Gasteiger partial charge in [0.2, 0.25) is 0 Å². The second-order valence-electron chi connectivity index (χ2n) is 5.94. The Hall–Kier alpha value is -3.59. The maximum Gasteiger partial charge on any atom is 0.346 e. The summed E-state index contributed by atoms with van der Waals surface area (Å²) in [6.45, 7) is 0. The van der Waals surface area contributed by atoms with Crippen molar-refractivity contribution in [3.63, 3.8) is 0 Å². The van der Waals surface area contributed by atoms with Crippen molar-refractivity contribution >= 4 is 44.3 Å². The highest BCUT2D eigenvalue weighted by Gasteiger charge is 2.25. The van der Waals surface area contributed by atoms with Crippen molar-refractivity contribution in [1.82, 2.24) is 9.97 Å². The Kier molecular flexibility index (Phi) is 4.16. The molecule has 0 fully saturated rings. The van der Waals surface area contributed by atoms with Crippen LogP contribution >= 0.6 is 11.3 Å². The highest BCUT2D eigenvalue weighted by atomic mass is 32.1. The molecule has 4 N–H and O–H groups in total. The van der Waals surface area contributed by atoms with E-state index in [0.29, 0.717) is 33.6 Å². The minimum atomic E-state index is -1.07. The molecule has 2 aromatic carbocycles. The number of aromatic nitrogens is 2. The molecule has 0 saturated carbocycles. The summed E-state index contributed by atoms with van der Waals surface area (Å²) in [6.07, 6.45) is 0. The Balaban J connectivity index is 2.08. The van der Waals surface area contributed by atoms with Crippen molar-refractivity contribution in [2.75, 3.05) is 14.2 Å². The maximum absolute atomic E-state index is 11.9. The Morgan fingerprint density at radius 1 is 1.18 bits per heavy atom. The van der Waals surface area contributed by atoms with E-state index in [-0.39, 0.29) is 16.2 Å². The first-order valence-corrected chi connectivity index (χ1v) is 8.97. The smallest absolute Gasteiger partial charge is 0.346 e. The average molecular weight is 397 g/mol. The lowest BCUT2D eigenvalue weighted by atomic mass is 10.1. The van der Waals surface area contributed by atoms with Crippen LogP contribution in [-0.2, 0) is 0 Å². The molecule has 4 rings (SSSR count). The van der Waals surface area contributed by atoms with Crippen molar-refractivity contribution in [2.45, 2.75) is 0 Å². The lowest BCUT2D eigenvalue weighted by molar-refractivity contribution is 0.0702. The van der Waals surface area contributed by atoms with Crippen LogP contribution in [0, 0.1) is 0 Å². The van der Waals surface area contributed by atoms with Gasteiger partial charge in [0.05, 0.1) is 30.9 Å². The van der Waals surface area contributed by atoms with Crippen LogP contribution in [0.1, 0.15) is 20.0 Å². The Morgan fingerprint density at radius 3 is 2.61 bits per heavy atom. The van der Waals surface area contributed by atoms with Crippen molar-refractivity contribution < 1.29 is 24.2 Å². The van der Waals surface area contributed by atoms with Gasteiger partial charge in [-0.2, -0.15) is 0 Å². The second-order valence-corrected chi connectivity index (χ2v) is 6.99. The maximum atomic E-state index is 11.9. The standard InChI is InChI=1S/C19H15N3O5S/c1-26-10-4-3-5-11-12(10)13(16(28-11)19(24)25)18-21-9-7-6-8(17(20)23)15(27-2)14(9)22-18/h3-7H,1-2H3,(H2,20,23)(H,21,22)(H,24,25). The van der Waals surface area contributed by atoms with Crippen LogP contribution in [0.3, 0.4) is 0 Å². The summed E-state index contributed by atoms with van der Waals surface area (Å²) < 4.78 is 11.5. The number of H-pyrrole nitrogens is 1. The minimum absolute atomic E-state index is 0.132. The number of carboxylic acid groups (broad SMARTS) is 1. The highest BCUT2D eigenvalue weighted by molar-refractivity contribution is 7.21. The summed E-state index contributed by atoms with van der Waals surface area (Å²) in [4.78, 5) is 31.4. The number of carboxylic acids is 1. The predicted molar refractivity (Wildman–Crippen MR) is 105 cm³/mol. The van der Waals surface area contributed by atoms with Crippen molar-refractivity contribution in [3.8, 4) is 22.9 Å². The average Bonchev–Trinajstić information content (AvgIpc) is 3.27. The molecule has 0 aliphatic rings. The number of hydrogen-bond acceptors (Lipinski definition) is 6. The van der Waals surface area contributed by atoms with Crippen LogP contribution in [0.4, 0.5) is 0 Å². The normalized spacial score (nSPS) is 11.1. The number of ether oxygens (including phenoxy) is 2. The number of rotatable bonds is 5. The SMILES string of the molecule is COc1c(C(N)=O)ccc2[nH]c(-c3c(C(=O)O)sc4cccc(OC)c34)nc12. The minimum Gasteiger partial charge on any atom is -0.496 e. The van der Waals surface area contributed by atoms with E-state index < -0.39 is 11.9 Å². The van der Waals surface area contributed by atoms with Crippen LogP contribution in [0.2, 0.25) is 0 Å². The van der Waals surface area contributed by atoms with Gasteiger partial charge in [-0.25, -0.2) is 9.78 Å². The molecule has 0 bridgehead atoms. The molecule has 2 aromatic heterocycles. The number of fused-ring (bicyclic) bond motifs is 2. The van der Waals surface area contributed by atoms with Gasteiger partial charge in [-0.1, -0.05) is 6.07 Å². The first-order chi connectivity index (χ1) is 13.5. The third-order valence-corrected chi connectivity index (χ3v) is 5.55. The zero-order valence-corrected chi connectivity index (χ0v) is 15.7. The van der Waals surface area contributed by atoms with E-state index in [0.717, 1.165) is 16.0 Å². The van der Waals surface area contributed by atoms with Gasteiger partial charge in [0.1, 0.15) is 22.0 Å². The predicted octanol–water partition coefficient (Wildman–Crippen LogP) is 3.26. The molecule has 28 heavy (non-hydrogen) atoms. The molecular weight excluding hydrogens is 382 g/mol. The first-order valence-electron chi connectivity index (χ1n) is 8.16. The number of hydrogen-bond donors (Lipinski definition) is 3. The van der Waals surface area contributed by atoms with Crippen LogP contribution in [0.15, 0.2) is 30.3 Å². The molecule has 4 aromatic rings. The molecule has 0 unspecified atom stereocenters. The summed E-state index contributed by atoms with van der Waals surface area (Å²) in [5.41, 5.74) is 7.00. The summed E-state index contributed by atoms with van der Waals surface area (Å²) in [5, 5.41) is 10.4. The van der Waals surface area contributed by atoms with E-state index in [1.165, 1.54) is 20.3 Å². The molecule has 2 heterocycles. The largest absolute Gasteiger partial charge is 0.496 e. The van der Waals surface area contributed by atoms with Gasteiger partial charge in [-0.3, -0.25) is 4.79 Å². The van der Waals surface area contributed by atoms with E-state index in [1.807, 2.05) is 6.07 Å². The number of carbonyl (C=O) groups is 2. The fourth-order valence-corrected chi connectivity index (χ4v) is 4.29. The number of aromatic amines is 1. The number of nitrogens with zero attached hydrogens (tertiary/aromatic N) is 1. The number of amides is 1. The fraction of sp³-hybridized carbons (Fsp3) is 0.105. The summed E-state index contributed by atoms with van der Waals surface area (Å²) in [6, 6.07) is 8.58. The summed E-state index contributed by atoms with van der Waals surface area (Å²) in [5.74, 6) is -0.596. The van der Waals surface area contributed by atoms with Gasteiger partial charge < -0.3 is 25.3 Å². The topological polar surface area (TPSA) is 128 Å². The van der Waals surface area contributed by atoms with Crippen LogP contribution < -0.4 is 15.2 Å². The number of primary amides is 1. The fourth-order valence-electron chi connectivity index (χ4n) is 3.23. The third-order valence-electron chi connectivity index (χ3n) is 4.41. The zero-order valence-electron chi connectivity index (χ0n) is 14.9. The Bertz CT molecular complexity index is 1260. The second kappa shape index (κ2) is 6.54. The zero-order chi connectivity index (χ0) is 20.0. The van der Waals surface area contributed by atoms with Crippen molar-refractivity contribution in [3.05, 3.63) is 40.8 Å². The van der Waals surface area contributed by atoms with Crippen LogP contribution in [0.25, 0.3) is 32.5 Å². The summed E-state index contributed by atoms with van der Waals surface area (Å²) >= 11 is 1.14. The highest BCUT2D eigenvalue weighted by Crippen LogP contribution is 2.43. The van der Waals surface area contributed by atoms with E-state index in [2.05, 4.69) is 9.97 Å². The number of aromatic carboxylic acids is 1. The third kappa shape index (κ3) is 2.55. The number of nitrogens with two attached hydrogens (primary N) is 1. The quantitative estimate of drug-likeness (QED) is 0.474. The van der Waals surface area contributed by atoms with E-state index in [9.17, 15) is 14.7 Å². The Morgan fingerprint density at radius 2 is 1.96 bits per heavy atom. The van der Waals surface area contributed by atoms with Gasteiger partial charge in [0, 0.05) is 10.1 Å². The van der Waals surface area contributed by atoms with Crippen molar-refractivity contribution in [1.29, 1.82) is 0 Å². The number of methoxy groups -OCH3 is 2. The van der Waals surface area contributed by atoms with Gasteiger partial charge in [0.25, 0.3) is 5.91 Å². The Labute approximate surface area is 162 Å². The van der Waals surface area contributed by atoms with Gasteiger partial charge >= 0.3 is 5.97 Å². The molecular formula is C19H15N3O5S. The number of imidazole rings is 1. The molecule has 0 saturated heterocycles. The lowest BCUT2D eigenvalue weighted by Gasteiger charge is -2.05. The van der Waals surface area contributed by atoms with E-state index in [1.54, 1.807) is 18.2 Å². The van der Waals surface area contributed by atoms with Crippen LogP contribution in [0.5, 0.6) is 11.5 Å². The van der Waals surface area contributed by atoms with E-state index >= 15 is 0 Å². The molecule has 0 radical (unpaired) electrons. The van der Waals surface area contributed by atoms with Crippen molar-refractivity contribution in [2.24, 2.45) is 5.73 Å². The van der Waals surface area contributed by atoms with Gasteiger partial charge in [-0.05, 0) is 24.3 Å². The molecule has 0 aliphatic heterocycles.